The van der Waals surface area contributed by atoms with E-state index in [-0.39, 0.29) is 0 Å². The van der Waals surface area contributed by atoms with Crippen LogP contribution in [0.15, 0.2) is 0 Å². The summed E-state index contributed by atoms with van der Waals surface area (Å²) in [6.45, 7) is 4.53. The van der Waals surface area contributed by atoms with Gasteiger partial charge in [0.05, 0.1) is 8.69 Å². The van der Waals surface area contributed by atoms with Crippen LogP contribution in [0.3, 0.4) is 0 Å². The summed E-state index contributed by atoms with van der Waals surface area (Å²) >= 11 is 0.822. The molecule has 0 aliphatic carbocycles. The molecule has 0 atom stereocenters. The fraction of sp³-hybridized carbons (Fsp3) is 1.00. The Balaban J connectivity index is 0. The Kier molecular flexibility index (Phi) is 21.5. The zero-order chi connectivity index (χ0) is 8.24. The van der Waals surface area contributed by atoms with E-state index < -0.39 is 8.69 Å². The van der Waals surface area contributed by atoms with Crippen LogP contribution in [-0.4, -0.2) is 15.2 Å². The first-order chi connectivity index (χ1) is 4.83. The first-order valence-electron chi connectivity index (χ1n) is 3.60. The predicted molar refractivity (Wildman–Crippen MR) is 43.6 cm³/mol. The Bertz CT molecular complexity index is 57.7. The molecule has 0 aromatic heterocycles. The van der Waals surface area contributed by atoms with Crippen LogP contribution in [-0.2, 0) is 4.57 Å². The second-order valence-corrected chi connectivity index (χ2v) is 3.82. The molecular formula is C6H14AlO2P. The molecule has 0 radical (unpaired) electrons. The van der Waals surface area contributed by atoms with Crippen molar-refractivity contribution in [3.05, 3.63) is 0 Å². The monoisotopic (exact) mass is 176 g/mol. The molecule has 0 rings (SSSR count). The van der Waals surface area contributed by atoms with Crippen LogP contribution in [0, 0.1) is 0 Å². The van der Waals surface area contributed by atoms with Gasteiger partial charge in [-0.05, 0) is 0 Å². The number of hydrogen-bond acceptors (Lipinski definition) is 2. The van der Waals surface area contributed by atoms with Crippen molar-refractivity contribution >= 4 is 23.9 Å². The fourth-order valence-electron chi connectivity index (χ4n) is 0.553. The smallest absolute Gasteiger partial charge is 0.0642 e. The Morgan fingerprint density at radius 3 is 1.80 bits per heavy atom. The second kappa shape index (κ2) is 16.3. The van der Waals surface area contributed by atoms with Crippen LogP contribution in [0.25, 0.3) is 0 Å². The van der Waals surface area contributed by atoms with Gasteiger partial charge in [0.15, 0.2) is 0 Å². The minimum absolute atomic E-state index is 0.822. The van der Waals surface area contributed by atoms with Crippen LogP contribution >= 0.6 is 8.69 Å². The van der Waals surface area contributed by atoms with E-state index in [1.807, 2.05) is 0 Å². The molecule has 0 aromatic carbocycles. The molecule has 0 heterocycles. The van der Waals surface area contributed by atoms with E-state index in [2.05, 4.69) is 13.8 Å². The first kappa shape index (κ1) is 13.2. The molecule has 0 spiro atoms. The van der Waals surface area contributed by atoms with E-state index in [0.29, 0.717) is 0 Å². The molecule has 2 nitrogen and oxygen atoms in total. The van der Waals surface area contributed by atoms with Crippen LogP contribution in [0.5, 0.6) is 0 Å². The molecule has 0 aliphatic rings. The summed E-state index contributed by atoms with van der Waals surface area (Å²) in [6.07, 6.45) is 2.80. The van der Waals surface area contributed by atoms with E-state index >= 15 is 0 Å². The summed E-state index contributed by atoms with van der Waals surface area (Å²) in [6, 6.07) is 0. The molecule has 0 fully saturated rings. The van der Waals surface area contributed by atoms with Gasteiger partial charge >= 0.3 is 52.5 Å². The van der Waals surface area contributed by atoms with Crippen molar-refractivity contribution < 1.29 is 9.46 Å². The summed E-state index contributed by atoms with van der Waals surface area (Å²) in [7, 11) is -1.08. The Morgan fingerprint density at radius 2 is 1.60 bits per heavy atom. The summed E-state index contributed by atoms with van der Waals surface area (Å²) < 4.78 is 8.35. The average molecular weight is 176 g/mol. The van der Waals surface area contributed by atoms with Crippen LogP contribution in [0.4, 0.5) is 0 Å². The molecule has 0 saturated heterocycles. The van der Waals surface area contributed by atoms with Gasteiger partial charge in [0.2, 0.25) is 0 Å². The third-order valence-electron chi connectivity index (χ3n) is 0.986. The van der Waals surface area contributed by atoms with Gasteiger partial charge in [-0.25, -0.2) is 0 Å². The summed E-state index contributed by atoms with van der Waals surface area (Å²) in [4.78, 5) is 8.35. The largest absolute Gasteiger partial charge is 0.772 e. The topological polar surface area (TPSA) is 40.1 Å². The predicted octanol–water partition coefficient (Wildman–Crippen LogP) is 1.90. The third-order valence-corrected chi connectivity index (χ3v) is 2.96. The van der Waals surface area contributed by atoms with Gasteiger partial charge in [-0.15, -0.1) is 0 Å². The van der Waals surface area contributed by atoms with Gasteiger partial charge in [0, 0.05) is 0 Å². The first-order valence-corrected chi connectivity index (χ1v) is 5.96. The zero-order valence-corrected chi connectivity index (χ0v) is 8.72. The standard InChI is InChI=1S/2C3H7.Al.HO2P/c2*1-3-2;;1-3-2/h2*1,3H2,2H3;;(H,1,2)/q;;+1;/p-1. The maximum atomic E-state index is 8.35. The molecule has 0 aliphatic heterocycles. The summed E-state index contributed by atoms with van der Waals surface area (Å²) in [5.74, 6) is 0. The molecule has 10 heavy (non-hydrogen) atoms. The maximum absolute atomic E-state index is 8.35. The van der Waals surface area contributed by atoms with Crippen LogP contribution in [0.1, 0.15) is 26.7 Å². The Hall–Kier alpha value is 0.592. The Labute approximate surface area is 71.0 Å². The fourth-order valence-corrected chi connectivity index (χ4v) is 1.66. The zero-order valence-electron chi connectivity index (χ0n) is 6.67. The van der Waals surface area contributed by atoms with Gasteiger partial charge in [-0.2, -0.15) is 0 Å². The van der Waals surface area contributed by atoms with Gasteiger partial charge in [0.25, 0.3) is 0 Å². The SMILES string of the molecule is CC[CH2][Al+][CH2]CC.O=P[O-]. The second-order valence-electron chi connectivity index (χ2n) is 1.94. The minimum atomic E-state index is -1.08. The summed E-state index contributed by atoms with van der Waals surface area (Å²) in [5.41, 5.74) is 0. The van der Waals surface area contributed by atoms with Gasteiger partial charge in [-0.1, -0.05) is 0 Å². The molecule has 0 amide bonds. The van der Waals surface area contributed by atoms with E-state index in [0.717, 1.165) is 15.2 Å². The molecule has 0 aromatic rings. The molecule has 4 heteroatoms. The van der Waals surface area contributed by atoms with Crippen molar-refractivity contribution in [1.29, 1.82) is 0 Å². The van der Waals surface area contributed by atoms with Crippen LogP contribution < -0.4 is 4.89 Å². The Morgan fingerprint density at radius 1 is 1.30 bits per heavy atom. The van der Waals surface area contributed by atoms with Crippen molar-refractivity contribution in [3.8, 4) is 0 Å². The van der Waals surface area contributed by atoms with Crippen molar-refractivity contribution in [2.75, 3.05) is 0 Å². The van der Waals surface area contributed by atoms with Crippen molar-refractivity contribution in [2.24, 2.45) is 0 Å². The average Bonchev–Trinajstić information content (AvgIpc) is 1.91. The van der Waals surface area contributed by atoms with Crippen LogP contribution in [0.2, 0.25) is 10.6 Å². The molecule has 0 unspecified atom stereocenters. The minimum Gasteiger partial charge on any atom is -0.772 e. The molecule has 0 bridgehead atoms. The van der Waals surface area contributed by atoms with E-state index in [9.17, 15) is 0 Å². The molecule has 0 saturated carbocycles. The molecule has 58 valence electrons. The maximum Gasteiger partial charge on any atom is 0.0642 e. The molecular weight excluding hydrogens is 162 g/mol. The molecule has 0 N–H and O–H groups in total. The van der Waals surface area contributed by atoms with Gasteiger partial charge < -0.3 is 4.89 Å². The number of hydrogen-bond donors (Lipinski definition) is 0. The normalized spacial score (nSPS) is 7.90. The van der Waals surface area contributed by atoms with E-state index in [4.69, 9.17) is 9.46 Å². The number of rotatable bonds is 4. The van der Waals surface area contributed by atoms with Gasteiger partial charge in [0.1, 0.15) is 0 Å². The quantitative estimate of drug-likeness (QED) is 0.373. The summed E-state index contributed by atoms with van der Waals surface area (Å²) in [5, 5.41) is 3.02. The van der Waals surface area contributed by atoms with Crippen molar-refractivity contribution in [1.82, 2.24) is 0 Å². The van der Waals surface area contributed by atoms with E-state index in [1.165, 1.54) is 23.4 Å². The van der Waals surface area contributed by atoms with E-state index in [1.54, 1.807) is 0 Å². The van der Waals surface area contributed by atoms with Crippen molar-refractivity contribution in [2.45, 2.75) is 37.3 Å². The van der Waals surface area contributed by atoms with Gasteiger partial charge in [-0.3, -0.25) is 4.57 Å². The third kappa shape index (κ3) is 23.5. The van der Waals surface area contributed by atoms with Crippen molar-refractivity contribution in [3.63, 3.8) is 0 Å².